The molecule has 2 rings (SSSR count). The fourth-order valence-electron chi connectivity index (χ4n) is 1.79. The molecule has 0 aliphatic carbocycles. The van der Waals surface area contributed by atoms with Crippen molar-refractivity contribution in [2.75, 3.05) is 0 Å². The molecule has 0 saturated heterocycles. The Morgan fingerprint density at radius 3 is 2.61 bits per heavy atom. The van der Waals surface area contributed by atoms with E-state index in [-0.39, 0.29) is 0 Å². The molecule has 18 heavy (non-hydrogen) atoms. The molecule has 94 valence electrons. The number of aryl methyl sites for hydroxylation is 3. The summed E-state index contributed by atoms with van der Waals surface area (Å²) in [6.45, 7) is 6.21. The van der Waals surface area contributed by atoms with Crippen molar-refractivity contribution in [1.82, 2.24) is 9.97 Å². The maximum atomic E-state index is 6.18. The van der Waals surface area contributed by atoms with Gasteiger partial charge >= 0.3 is 0 Å². The molecule has 0 amide bonds. The van der Waals surface area contributed by atoms with Crippen molar-refractivity contribution in [3.8, 4) is 11.4 Å². The number of aromatic nitrogens is 2. The largest absolute Gasteiger partial charge is 0.232 e. The highest BCUT2D eigenvalue weighted by molar-refractivity contribution is 14.1. The van der Waals surface area contributed by atoms with Crippen LogP contribution in [0.15, 0.2) is 18.2 Å². The van der Waals surface area contributed by atoms with Crippen molar-refractivity contribution >= 4 is 34.2 Å². The topological polar surface area (TPSA) is 25.8 Å². The molecule has 2 aromatic rings. The first-order chi connectivity index (χ1) is 8.52. The van der Waals surface area contributed by atoms with E-state index >= 15 is 0 Å². The number of hydrogen-bond acceptors (Lipinski definition) is 2. The van der Waals surface area contributed by atoms with Gasteiger partial charge in [0.25, 0.3) is 0 Å². The van der Waals surface area contributed by atoms with Gasteiger partial charge in [0.1, 0.15) is 5.15 Å². The van der Waals surface area contributed by atoms with Gasteiger partial charge in [0.05, 0.1) is 9.26 Å². The molecule has 1 heterocycles. The molecule has 1 aromatic carbocycles. The molecule has 0 radical (unpaired) electrons. The molecule has 0 unspecified atom stereocenters. The van der Waals surface area contributed by atoms with Gasteiger partial charge in [-0.15, -0.1) is 0 Å². The molecule has 4 heteroatoms. The Labute approximate surface area is 126 Å². The number of rotatable bonds is 2. The van der Waals surface area contributed by atoms with Gasteiger partial charge < -0.3 is 0 Å². The summed E-state index contributed by atoms with van der Waals surface area (Å²) in [6, 6.07) is 6.28. The number of halogens is 2. The Bertz CT molecular complexity index is 597. The molecule has 0 N–H and O–H groups in total. The summed E-state index contributed by atoms with van der Waals surface area (Å²) in [5, 5.41) is 0.540. The van der Waals surface area contributed by atoms with Crippen LogP contribution < -0.4 is 0 Å². The summed E-state index contributed by atoms with van der Waals surface area (Å²) >= 11 is 8.38. The van der Waals surface area contributed by atoms with Crippen molar-refractivity contribution in [3.05, 3.63) is 43.7 Å². The van der Waals surface area contributed by atoms with Gasteiger partial charge in [0, 0.05) is 5.56 Å². The molecule has 0 fully saturated rings. The molecular formula is C14H14ClIN2. The predicted octanol–water partition coefficient (Wildman–Crippen LogP) is 4.58. The maximum absolute atomic E-state index is 6.18. The summed E-state index contributed by atoms with van der Waals surface area (Å²) in [5.41, 5.74) is 4.43. The average Bonchev–Trinajstić information content (AvgIpc) is 2.35. The van der Waals surface area contributed by atoms with Gasteiger partial charge in [0.2, 0.25) is 0 Å². The molecule has 0 spiro atoms. The zero-order chi connectivity index (χ0) is 13.3. The second-order valence-corrected chi connectivity index (χ2v) is 5.71. The third-order valence-corrected chi connectivity index (χ3v) is 4.57. The minimum atomic E-state index is 0.540. The molecule has 1 aromatic heterocycles. The summed E-state index contributed by atoms with van der Waals surface area (Å²) < 4.78 is 0.950. The highest BCUT2D eigenvalue weighted by Crippen LogP contribution is 2.26. The third kappa shape index (κ3) is 2.67. The normalized spacial score (nSPS) is 10.7. The van der Waals surface area contributed by atoms with Crippen molar-refractivity contribution in [1.29, 1.82) is 0 Å². The van der Waals surface area contributed by atoms with Crippen molar-refractivity contribution < 1.29 is 0 Å². The molecule has 0 aliphatic heterocycles. The molecular weight excluding hydrogens is 359 g/mol. The first-order valence-electron chi connectivity index (χ1n) is 5.82. The lowest BCUT2D eigenvalue weighted by Crippen LogP contribution is -2.00. The zero-order valence-electron chi connectivity index (χ0n) is 10.6. The standard InChI is InChI=1S/C14H14ClIN2/c1-4-11-12(16)13(15)18-14(17-11)10-7-8(2)5-6-9(10)3/h5-7H,4H2,1-3H3. The van der Waals surface area contributed by atoms with E-state index in [1.165, 1.54) is 11.1 Å². The Balaban J connectivity index is 2.64. The average molecular weight is 373 g/mol. The third-order valence-electron chi connectivity index (χ3n) is 2.85. The fraction of sp³-hybridized carbons (Fsp3) is 0.286. The van der Waals surface area contributed by atoms with Gasteiger partial charge in [-0.3, -0.25) is 0 Å². The lowest BCUT2D eigenvalue weighted by molar-refractivity contribution is 0.987. The lowest BCUT2D eigenvalue weighted by Gasteiger charge is -2.09. The SMILES string of the molecule is CCc1nc(-c2cc(C)ccc2C)nc(Cl)c1I. The molecule has 0 saturated carbocycles. The Kier molecular flexibility index (Phi) is 4.22. The Hall–Kier alpha value is -0.680. The zero-order valence-corrected chi connectivity index (χ0v) is 13.5. The summed E-state index contributed by atoms with van der Waals surface area (Å²) in [4.78, 5) is 9.02. The number of benzene rings is 1. The quantitative estimate of drug-likeness (QED) is 0.569. The molecule has 0 aliphatic rings. The lowest BCUT2D eigenvalue weighted by atomic mass is 10.1. The monoisotopic (exact) mass is 372 g/mol. The first-order valence-corrected chi connectivity index (χ1v) is 7.28. The van der Waals surface area contributed by atoms with Gasteiger partial charge in [-0.25, -0.2) is 9.97 Å². The second kappa shape index (κ2) is 5.53. The van der Waals surface area contributed by atoms with Crippen LogP contribution in [0.3, 0.4) is 0 Å². The number of nitrogens with zero attached hydrogens (tertiary/aromatic N) is 2. The van der Waals surface area contributed by atoms with E-state index in [1.54, 1.807) is 0 Å². The predicted molar refractivity (Wildman–Crippen MR) is 84.0 cm³/mol. The van der Waals surface area contributed by atoms with E-state index in [1.807, 2.05) is 0 Å². The molecule has 0 bridgehead atoms. The minimum absolute atomic E-state index is 0.540. The first kappa shape index (κ1) is 13.7. The van der Waals surface area contributed by atoms with Gasteiger partial charge in [0.15, 0.2) is 5.82 Å². The van der Waals surface area contributed by atoms with Crippen LogP contribution in [0.25, 0.3) is 11.4 Å². The van der Waals surface area contributed by atoms with Crippen LogP contribution in [-0.2, 0) is 6.42 Å². The van der Waals surface area contributed by atoms with E-state index < -0.39 is 0 Å². The van der Waals surface area contributed by atoms with Crippen LogP contribution in [0.1, 0.15) is 23.7 Å². The maximum Gasteiger partial charge on any atom is 0.161 e. The highest BCUT2D eigenvalue weighted by atomic mass is 127. The highest BCUT2D eigenvalue weighted by Gasteiger charge is 2.12. The van der Waals surface area contributed by atoms with Crippen molar-refractivity contribution in [2.24, 2.45) is 0 Å². The van der Waals surface area contributed by atoms with E-state index in [2.05, 4.69) is 71.5 Å². The molecule has 2 nitrogen and oxygen atoms in total. The van der Waals surface area contributed by atoms with Crippen LogP contribution >= 0.6 is 34.2 Å². The van der Waals surface area contributed by atoms with Crippen LogP contribution in [0.2, 0.25) is 5.15 Å². The fourth-order valence-corrected chi connectivity index (χ4v) is 2.61. The van der Waals surface area contributed by atoms with Crippen LogP contribution in [0.5, 0.6) is 0 Å². The van der Waals surface area contributed by atoms with E-state index in [4.69, 9.17) is 11.6 Å². The Morgan fingerprint density at radius 1 is 1.22 bits per heavy atom. The van der Waals surface area contributed by atoms with Crippen LogP contribution in [0, 0.1) is 17.4 Å². The second-order valence-electron chi connectivity index (χ2n) is 4.27. The smallest absolute Gasteiger partial charge is 0.161 e. The summed E-state index contributed by atoms with van der Waals surface area (Å²) in [6.07, 6.45) is 0.860. The van der Waals surface area contributed by atoms with Crippen LogP contribution in [-0.4, -0.2) is 9.97 Å². The van der Waals surface area contributed by atoms with Gasteiger partial charge in [-0.2, -0.15) is 0 Å². The number of hydrogen-bond donors (Lipinski definition) is 0. The summed E-state index contributed by atoms with van der Waals surface area (Å²) in [5.74, 6) is 0.721. The van der Waals surface area contributed by atoms with E-state index in [9.17, 15) is 0 Å². The minimum Gasteiger partial charge on any atom is -0.232 e. The van der Waals surface area contributed by atoms with Gasteiger partial charge in [-0.05, 0) is 54.5 Å². The van der Waals surface area contributed by atoms with E-state index in [0.29, 0.717) is 5.15 Å². The van der Waals surface area contributed by atoms with Crippen molar-refractivity contribution in [2.45, 2.75) is 27.2 Å². The molecule has 0 atom stereocenters. The van der Waals surface area contributed by atoms with Crippen molar-refractivity contribution in [3.63, 3.8) is 0 Å². The Morgan fingerprint density at radius 2 is 1.94 bits per heavy atom. The van der Waals surface area contributed by atoms with E-state index in [0.717, 1.165) is 27.1 Å². The van der Waals surface area contributed by atoms with Crippen LogP contribution in [0.4, 0.5) is 0 Å². The van der Waals surface area contributed by atoms with Gasteiger partial charge in [-0.1, -0.05) is 36.2 Å². The summed E-state index contributed by atoms with van der Waals surface area (Å²) in [7, 11) is 0.